The second-order valence-electron chi connectivity index (χ2n) is 6.30. The van der Waals surface area contributed by atoms with Crippen LogP contribution in [0.4, 0.5) is 0 Å². The lowest BCUT2D eigenvalue weighted by Crippen LogP contribution is -2.33. The third-order valence-corrected chi connectivity index (χ3v) is 3.06. The van der Waals surface area contributed by atoms with E-state index in [2.05, 4.69) is 0 Å². The quantitative estimate of drug-likeness (QED) is 0.638. The summed E-state index contributed by atoms with van der Waals surface area (Å²) in [4.78, 5) is 42.9. The van der Waals surface area contributed by atoms with E-state index in [0.717, 1.165) is 0 Å². The fourth-order valence-corrected chi connectivity index (χ4v) is 1.63. The van der Waals surface area contributed by atoms with Gasteiger partial charge in [-0.2, -0.15) is 9.78 Å². The first-order chi connectivity index (χ1) is 9.20. The molecular weight excluding hydrogens is 264 g/mol. The number of hydrogen-bond donors (Lipinski definition) is 0. The van der Waals surface area contributed by atoms with Crippen LogP contribution in [0.5, 0.6) is 0 Å². The Balaban J connectivity index is 2.64. The van der Waals surface area contributed by atoms with E-state index in [4.69, 9.17) is 19.6 Å². The minimum absolute atomic E-state index is 0.218. The second-order valence-corrected chi connectivity index (χ2v) is 6.30. The molecule has 1 aliphatic heterocycles. The van der Waals surface area contributed by atoms with Gasteiger partial charge in [-0.25, -0.2) is 9.59 Å². The molecule has 0 aromatic heterocycles. The molecule has 0 bridgehead atoms. The summed E-state index contributed by atoms with van der Waals surface area (Å²) >= 11 is 0. The number of rotatable bonds is 0. The van der Waals surface area contributed by atoms with Crippen LogP contribution in [0.25, 0.3) is 0 Å². The Morgan fingerprint density at radius 1 is 0.750 bits per heavy atom. The summed E-state index contributed by atoms with van der Waals surface area (Å²) in [6, 6.07) is 0. The van der Waals surface area contributed by atoms with E-state index in [9.17, 15) is 9.59 Å². The van der Waals surface area contributed by atoms with Crippen molar-refractivity contribution < 1.29 is 29.1 Å². The molecule has 1 fully saturated rings. The van der Waals surface area contributed by atoms with Gasteiger partial charge in [0.2, 0.25) is 0 Å². The molecule has 0 amide bonds. The molecule has 1 heterocycles. The van der Waals surface area contributed by atoms with Crippen LogP contribution < -0.4 is 0 Å². The van der Waals surface area contributed by atoms with Crippen LogP contribution in [0.3, 0.4) is 0 Å². The Bertz CT molecular complexity index is 314. The summed E-state index contributed by atoms with van der Waals surface area (Å²) in [5.74, 6) is -0.835. The largest absolute Gasteiger partial charge is 0.342 e. The SMILES string of the molecule is CC1(C)CCC(C)(C)OOC(=O)CCCCC(=O)OO1. The van der Waals surface area contributed by atoms with Crippen LogP contribution in [-0.2, 0) is 29.1 Å². The summed E-state index contributed by atoms with van der Waals surface area (Å²) in [7, 11) is 0. The molecule has 0 spiro atoms. The average Bonchev–Trinajstić information content (AvgIpc) is 2.37. The zero-order chi connectivity index (χ0) is 15.2. The predicted octanol–water partition coefficient (Wildman–Crippen LogP) is 2.85. The lowest BCUT2D eigenvalue weighted by molar-refractivity contribution is -0.341. The van der Waals surface area contributed by atoms with E-state index >= 15 is 0 Å². The predicted molar refractivity (Wildman–Crippen MR) is 70.2 cm³/mol. The molecule has 0 aliphatic carbocycles. The second kappa shape index (κ2) is 7.04. The molecule has 0 atom stereocenters. The highest BCUT2D eigenvalue weighted by molar-refractivity contribution is 5.69. The van der Waals surface area contributed by atoms with Crippen molar-refractivity contribution in [1.82, 2.24) is 0 Å². The topological polar surface area (TPSA) is 71.1 Å². The van der Waals surface area contributed by atoms with Crippen molar-refractivity contribution in [3.8, 4) is 0 Å². The smallest absolute Gasteiger partial charge is 0.298 e. The van der Waals surface area contributed by atoms with E-state index < -0.39 is 23.1 Å². The molecule has 0 saturated carbocycles. The molecule has 0 radical (unpaired) electrons. The van der Waals surface area contributed by atoms with E-state index in [1.54, 1.807) is 0 Å². The van der Waals surface area contributed by atoms with Gasteiger partial charge in [0.25, 0.3) is 0 Å². The Kier molecular flexibility index (Phi) is 5.95. The third-order valence-electron chi connectivity index (χ3n) is 3.06. The van der Waals surface area contributed by atoms with Gasteiger partial charge in [-0.1, -0.05) is 0 Å². The minimum atomic E-state index is -0.621. The van der Waals surface area contributed by atoms with Gasteiger partial charge in [0.15, 0.2) is 0 Å². The van der Waals surface area contributed by atoms with Gasteiger partial charge in [0, 0.05) is 12.8 Å². The molecule has 1 saturated heterocycles. The van der Waals surface area contributed by atoms with Crippen LogP contribution in [0.15, 0.2) is 0 Å². The maximum absolute atomic E-state index is 11.5. The summed E-state index contributed by atoms with van der Waals surface area (Å²) in [6.45, 7) is 7.31. The summed E-state index contributed by atoms with van der Waals surface area (Å²) < 4.78 is 0. The Morgan fingerprint density at radius 3 is 1.45 bits per heavy atom. The molecule has 0 N–H and O–H groups in total. The van der Waals surface area contributed by atoms with Crippen molar-refractivity contribution in [2.24, 2.45) is 0 Å². The summed E-state index contributed by atoms with van der Waals surface area (Å²) in [5.41, 5.74) is -1.24. The molecule has 0 unspecified atom stereocenters. The normalized spacial score (nSPS) is 25.2. The van der Waals surface area contributed by atoms with Crippen LogP contribution in [0, 0.1) is 0 Å². The summed E-state index contributed by atoms with van der Waals surface area (Å²) in [6.07, 6.45) is 2.70. The van der Waals surface area contributed by atoms with Crippen LogP contribution >= 0.6 is 0 Å². The zero-order valence-electron chi connectivity index (χ0n) is 12.7. The standard InChI is InChI=1S/C14H24O6/c1-13(2)9-10-14(3,4)20-18-12(16)8-6-5-7-11(15)17-19-13/h5-10H2,1-4H3. The zero-order valence-corrected chi connectivity index (χ0v) is 12.7. The van der Waals surface area contributed by atoms with Gasteiger partial charge >= 0.3 is 11.9 Å². The first-order valence-electron chi connectivity index (χ1n) is 6.97. The molecule has 1 rings (SSSR count). The molecule has 6 nitrogen and oxygen atoms in total. The first-order valence-corrected chi connectivity index (χ1v) is 6.97. The maximum atomic E-state index is 11.5. The maximum Gasteiger partial charge on any atom is 0.342 e. The van der Waals surface area contributed by atoms with Crippen molar-refractivity contribution in [1.29, 1.82) is 0 Å². The lowest BCUT2D eigenvalue weighted by atomic mass is 9.94. The van der Waals surface area contributed by atoms with Crippen molar-refractivity contribution >= 4 is 11.9 Å². The minimum Gasteiger partial charge on any atom is -0.298 e. The van der Waals surface area contributed by atoms with Crippen molar-refractivity contribution in [3.05, 3.63) is 0 Å². The molecule has 6 heteroatoms. The van der Waals surface area contributed by atoms with E-state index in [1.807, 2.05) is 27.7 Å². The molecule has 20 heavy (non-hydrogen) atoms. The Hall–Kier alpha value is -1.14. The molecule has 0 aromatic rings. The Labute approximate surface area is 119 Å². The lowest BCUT2D eigenvalue weighted by Gasteiger charge is -2.28. The third kappa shape index (κ3) is 6.86. The van der Waals surface area contributed by atoms with Gasteiger partial charge in [-0.05, 0) is 53.4 Å². The highest BCUT2D eigenvalue weighted by Crippen LogP contribution is 2.26. The average molecular weight is 288 g/mol. The van der Waals surface area contributed by atoms with Gasteiger partial charge < -0.3 is 0 Å². The molecule has 0 aromatic carbocycles. The first kappa shape index (κ1) is 16.9. The molecule has 1 aliphatic rings. The van der Waals surface area contributed by atoms with Gasteiger partial charge in [0.1, 0.15) is 11.2 Å². The highest BCUT2D eigenvalue weighted by atomic mass is 17.2. The van der Waals surface area contributed by atoms with Gasteiger partial charge in [-0.15, -0.1) is 0 Å². The van der Waals surface area contributed by atoms with Crippen molar-refractivity contribution in [2.75, 3.05) is 0 Å². The van der Waals surface area contributed by atoms with Gasteiger partial charge in [-0.3, -0.25) is 9.78 Å². The molecular formula is C14H24O6. The summed E-state index contributed by atoms with van der Waals surface area (Å²) in [5, 5.41) is 0. The molecule has 116 valence electrons. The van der Waals surface area contributed by atoms with E-state index in [-0.39, 0.29) is 12.8 Å². The number of carbonyl (C=O) groups excluding carboxylic acids is 2. The highest BCUT2D eigenvalue weighted by Gasteiger charge is 2.29. The Morgan fingerprint density at radius 2 is 1.10 bits per heavy atom. The van der Waals surface area contributed by atoms with Crippen LogP contribution in [0.1, 0.15) is 66.2 Å². The fraction of sp³-hybridized carbons (Fsp3) is 0.857. The van der Waals surface area contributed by atoms with Crippen molar-refractivity contribution in [2.45, 2.75) is 77.4 Å². The van der Waals surface area contributed by atoms with E-state index in [1.165, 1.54) is 0 Å². The number of hydrogen-bond acceptors (Lipinski definition) is 6. The van der Waals surface area contributed by atoms with E-state index in [0.29, 0.717) is 25.7 Å². The van der Waals surface area contributed by atoms with Crippen molar-refractivity contribution in [3.63, 3.8) is 0 Å². The fourth-order valence-electron chi connectivity index (χ4n) is 1.63. The number of carbonyl (C=O) groups is 2. The van der Waals surface area contributed by atoms with Gasteiger partial charge in [0.05, 0.1) is 0 Å². The van der Waals surface area contributed by atoms with Crippen LogP contribution in [0.2, 0.25) is 0 Å². The monoisotopic (exact) mass is 288 g/mol. The van der Waals surface area contributed by atoms with Crippen LogP contribution in [-0.4, -0.2) is 23.1 Å².